The first-order valence-corrected chi connectivity index (χ1v) is 8.19. The number of ether oxygens (including phenoxy) is 1. The molecule has 1 aliphatic rings. The molecule has 2 heterocycles. The third-order valence-electron chi connectivity index (χ3n) is 4.06. The minimum atomic E-state index is 0.623. The van der Waals surface area contributed by atoms with Gasteiger partial charge in [-0.05, 0) is 37.8 Å². The van der Waals surface area contributed by atoms with Gasteiger partial charge in [0.2, 0.25) is 5.95 Å². The van der Waals surface area contributed by atoms with Crippen LogP contribution in [-0.2, 0) is 0 Å². The fraction of sp³-hybridized carbons (Fsp3) is 0.471. The molecule has 1 aromatic heterocycles. The van der Waals surface area contributed by atoms with Crippen molar-refractivity contribution >= 4 is 17.5 Å². The Labute approximate surface area is 136 Å². The van der Waals surface area contributed by atoms with Gasteiger partial charge in [0, 0.05) is 13.1 Å². The van der Waals surface area contributed by atoms with Gasteiger partial charge in [-0.1, -0.05) is 19.1 Å². The fourth-order valence-electron chi connectivity index (χ4n) is 2.69. The third kappa shape index (κ3) is 3.88. The van der Waals surface area contributed by atoms with Gasteiger partial charge in [-0.3, -0.25) is 0 Å². The van der Waals surface area contributed by atoms with Gasteiger partial charge in [-0.25, -0.2) is 0 Å². The number of nitrogens with zero attached hydrogens (tertiary/aromatic N) is 4. The van der Waals surface area contributed by atoms with E-state index in [1.54, 1.807) is 6.20 Å². The predicted octanol–water partition coefficient (Wildman–Crippen LogP) is 3.25. The first kappa shape index (κ1) is 15.5. The molecule has 23 heavy (non-hydrogen) atoms. The molecule has 0 spiro atoms. The molecule has 0 radical (unpaired) electrons. The maximum absolute atomic E-state index is 5.63. The van der Waals surface area contributed by atoms with E-state index in [2.05, 4.69) is 32.3 Å². The monoisotopic (exact) mass is 313 g/mol. The highest BCUT2D eigenvalue weighted by atomic mass is 16.5. The van der Waals surface area contributed by atoms with Crippen molar-refractivity contribution in [3.8, 4) is 5.75 Å². The Balaban J connectivity index is 1.75. The van der Waals surface area contributed by atoms with Gasteiger partial charge in [0.1, 0.15) is 5.75 Å². The molecule has 0 bridgehead atoms. The number of anilines is 3. The average Bonchev–Trinajstić information content (AvgIpc) is 2.58. The molecule has 122 valence electrons. The smallest absolute Gasteiger partial charge is 0.247 e. The maximum atomic E-state index is 5.63. The van der Waals surface area contributed by atoms with Crippen molar-refractivity contribution in [2.75, 3.05) is 29.9 Å². The van der Waals surface area contributed by atoms with Crippen molar-refractivity contribution in [3.63, 3.8) is 0 Å². The summed E-state index contributed by atoms with van der Waals surface area (Å²) >= 11 is 0. The molecule has 1 saturated heterocycles. The van der Waals surface area contributed by atoms with E-state index in [1.165, 1.54) is 12.8 Å². The summed E-state index contributed by atoms with van der Waals surface area (Å²) in [7, 11) is 0. The topological polar surface area (TPSA) is 63.2 Å². The van der Waals surface area contributed by atoms with Gasteiger partial charge >= 0.3 is 0 Å². The van der Waals surface area contributed by atoms with Crippen LogP contribution in [0.1, 0.15) is 26.7 Å². The average molecular weight is 313 g/mol. The molecular formula is C17H23N5O. The molecule has 1 fully saturated rings. The Hall–Kier alpha value is -2.37. The number of hydrogen-bond donors (Lipinski definition) is 1. The van der Waals surface area contributed by atoms with E-state index in [4.69, 9.17) is 4.74 Å². The summed E-state index contributed by atoms with van der Waals surface area (Å²) in [6.07, 6.45) is 3.99. The van der Waals surface area contributed by atoms with Crippen LogP contribution < -0.4 is 15.0 Å². The molecule has 2 aromatic rings. The summed E-state index contributed by atoms with van der Waals surface area (Å²) in [5.74, 6) is 2.96. The molecule has 0 aliphatic carbocycles. The normalized spacial score (nSPS) is 15.5. The van der Waals surface area contributed by atoms with Gasteiger partial charge in [0.25, 0.3) is 0 Å². The van der Waals surface area contributed by atoms with E-state index in [0.29, 0.717) is 18.4 Å². The fourth-order valence-corrected chi connectivity index (χ4v) is 2.69. The largest absolute Gasteiger partial charge is 0.492 e. The molecule has 1 N–H and O–H groups in total. The van der Waals surface area contributed by atoms with Crippen LogP contribution in [0.25, 0.3) is 0 Å². The number of nitrogens with one attached hydrogen (secondary N) is 1. The summed E-state index contributed by atoms with van der Waals surface area (Å²) in [5.41, 5.74) is 0.882. The Morgan fingerprint density at radius 3 is 2.83 bits per heavy atom. The molecule has 0 unspecified atom stereocenters. The zero-order valence-electron chi connectivity index (χ0n) is 13.7. The molecule has 0 amide bonds. The Morgan fingerprint density at radius 1 is 1.26 bits per heavy atom. The van der Waals surface area contributed by atoms with Gasteiger partial charge < -0.3 is 15.0 Å². The minimum absolute atomic E-state index is 0.623. The molecular weight excluding hydrogens is 290 g/mol. The van der Waals surface area contributed by atoms with Crippen LogP contribution >= 0.6 is 0 Å². The van der Waals surface area contributed by atoms with Crippen molar-refractivity contribution in [1.29, 1.82) is 0 Å². The molecule has 1 aromatic carbocycles. The Morgan fingerprint density at radius 2 is 2.04 bits per heavy atom. The number of hydrogen-bond acceptors (Lipinski definition) is 6. The zero-order chi connectivity index (χ0) is 16.1. The highest BCUT2D eigenvalue weighted by Crippen LogP contribution is 2.27. The second-order valence-electron chi connectivity index (χ2n) is 5.87. The summed E-state index contributed by atoms with van der Waals surface area (Å²) in [6.45, 7) is 6.86. The van der Waals surface area contributed by atoms with E-state index >= 15 is 0 Å². The lowest BCUT2D eigenvalue weighted by Crippen LogP contribution is -2.34. The minimum Gasteiger partial charge on any atom is -0.492 e. The van der Waals surface area contributed by atoms with E-state index in [1.807, 2.05) is 31.2 Å². The molecule has 6 heteroatoms. The second kappa shape index (κ2) is 7.26. The molecule has 6 nitrogen and oxygen atoms in total. The Bertz CT molecular complexity index is 640. The van der Waals surface area contributed by atoms with Gasteiger partial charge in [0.15, 0.2) is 5.82 Å². The highest BCUT2D eigenvalue weighted by Gasteiger charge is 2.18. The van der Waals surface area contributed by atoms with E-state index in [-0.39, 0.29) is 0 Å². The Kier molecular flexibility index (Phi) is 4.90. The number of aromatic nitrogens is 3. The first-order chi connectivity index (χ1) is 11.3. The van der Waals surface area contributed by atoms with Crippen molar-refractivity contribution in [1.82, 2.24) is 15.2 Å². The highest BCUT2D eigenvalue weighted by molar-refractivity contribution is 5.64. The van der Waals surface area contributed by atoms with Crippen LogP contribution in [0.5, 0.6) is 5.75 Å². The summed E-state index contributed by atoms with van der Waals surface area (Å²) in [5, 5.41) is 11.6. The van der Waals surface area contributed by atoms with Gasteiger partial charge in [-0.15, -0.1) is 5.10 Å². The van der Waals surface area contributed by atoms with Crippen molar-refractivity contribution in [2.24, 2.45) is 5.92 Å². The van der Waals surface area contributed by atoms with Crippen molar-refractivity contribution in [3.05, 3.63) is 30.5 Å². The molecule has 1 aliphatic heterocycles. The van der Waals surface area contributed by atoms with Crippen LogP contribution in [0.2, 0.25) is 0 Å². The predicted molar refractivity (Wildman–Crippen MR) is 91.3 cm³/mol. The lowest BCUT2D eigenvalue weighted by Gasteiger charge is -2.29. The van der Waals surface area contributed by atoms with E-state index < -0.39 is 0 Å². The second-order valence-corrected chi connectivity index (χ2v) is 5.87. The lowest BCUT2D eigenvalue weighted by molar-refractivity contribution is 0.342. The summed E-state index contributed by atoms with van der Waals surface area (Å²) in [6, 6.07) is 7.82. The summed E-state index contributed by atoms with van der Waals surface area (Å²) in [4.78, 5) is 6.80. The molecule has 3 rings (SSSR count). The van der Waals surface area contributed by atoms with Crippen LogP contribution in [-0.4, -0.2) is 34.9 Å². The van der Waals surface area contributed by atoms with Gasteiger partial charge in [-0.2, -0.15) is 10.1 Å². The number of rotatable bonds is 5. The van der Waals surface area contributed by atoms with Crippen LogP contribution in [0.4, 0.5) is 17.5 Å². The van der Waals surface area contributed by atoms with Crippen LogP contribution in [0.15, 0.2) is 30.5 Å². The van der Waals surface area contributed by atoms with E-state index in [0.717, 1.165) is 30.4 Å². The van der Waals surface area contributed by atoms with Crippen molar-refractivity contribution < 1.29 is 4.74 Å². The quantitative estimate of drug-likeness (QED) is 0.914. The SMILES string of the molecule is CCOc1ccccc1Nc1cnnc(N2CCC(C)CC2)n1. The lowest BCUT2D eigenvalue weighted by atomic mass is 10.00. The first-order valence-electron chi connectivity index (χ1n) is 8.19. The van der Waals surface area contributed by atoms with Crippen molar-refractivity contribution in [2.45, 2.75) is 26.7 Å². The molecule has 0 atom stereocenters. The van der Waals surface area contributed by atoms with E-state index in [9.17, 15) is 0 Å². The number of para-hydroxylation sites is 2. The van der Waals surface area contributed by atoms with Crippen LogP contribution in [0.3, 0.4) is 0 Å². The third-order valence-corrected chi connectivity index (χ3v) is 4.06. The summed E-state index contributed by atoms with van der Waals surface area (Å²) < 4.78 is 5.63. The number of piperidine rings is 1. The standard InChI is InChI=1S/C17H23N5O/c1-3-23-15-7-5-4-6-14(15)19-16-12-18-21-17(20-16)22-10-8-13(2)9-11-22/h4-7,12-13H,3,8-11H2,1-2H3,(H,19,20,21). The molecule has 0 saturated carbocycles. The maximum Gasteiger partial charge on any atom is 0.247 e. The van der Waals surface area contributed by atoms with Gasteiger partial charge in [0.05, 0.1) is 18.5 Å². The zero-order valence-corrected chi connectivity index (χ0v) is 13.7. The number of benzene rings is 1. The van der Waals surface area contributed by atoms with Crippen LogP contribution in [0, 0.1) is 5.92 Å².